The van der Waals surface area contributed by atoms with Crippen LogP contribution in [-0.2, 0) is 23.2 Å². The fourth-order valence-corrected chi connectivity index (χ4v) is 8.27. The first-order valence-corrected chi connectivity index (χ1v) is 15.3. The quantitative estimate of drug-likeness (QED) is 0.159. The van der Waals surface area contributed by atoms with Gasteiger partial charge in [-0.3, -0.25) is 0 Å². The lowest BCUT2D eigenvalue weighted by atomic mass is 9.68. The molecule has 0 saturated heterocycles. The van der Waals surface area contributed by atoms with Gasteiger partial charge in [0.2, 0.25) is 6.19 Å². The maximum atomic E-state index is 13.2. The van der Waals surface area contributed by atoms with Crippen molar-refractivity contribution < 1.29 is 26.3 Å². The van der Waals surface area contributed by atoms with Crippen molar-refractivity contribution in [3.05, 3.63) is 136 Å². The zero-order valence-electron chi connectivity index (χ0n) is 25.3. The molecule has 4 aliphatic carbocycles. The van der Waals surface area contributed by atoms with Crippen LogP contribution in [0.1, 0.15) is 60.1 Å². The van der Waals surface area contributed by atoms with Gasteiger partial charge in [-0.2, -0.15) is 36.6 Å². The third-order valence-corrected chi connectivity index (χ3v) is 10.8. The van der Waals surface area contributed by atoms with Gasteiger partial charge >= 0.3 is 12.4 Å². The number of aliphatic imine (C=N–C) groups is 1. The largest absolute Gasteiger partial charge is 0.416 e. The van der Waals surface area contributed by atoms with Crippen LogP contribution in [0.3, 0.4) is 0 Å². The molecule has 0 aliphatic heterocycles. The van der Waals surface area contributed by atoms with E-state index in [4.69, 9.17) is 0 Å². The van der Waals surface area contributed by atoms with Gasteiger partial charge in [0.1, 0.15) is 0 Å². The molecule has 4 aliphatic rings. The molecule has 8 rings (SSSR count). The van der Waals surface area contributed by atoms with Gasteiger partial charge < -0.3 is 0 Å². The van der Waals surface area contributed by atoms with E-state index in [0.29, 0.717) is 23.6 Å². The van der Waals surface area contributed by atoms with Crippen molar-refractivity contribution in [1.29, 1.82) is 5.26 Å². The topological polar surface area (TPSA) is 36.1 Å². The lowest BCUT2D eigenvalue weighted by molar-refractivity contribution is -0.138. The number of hydrogen-bond acceptors (Lipinski definition) is 2. The summed E-state index contributed by atoms with van der Waals surface area (Å²) in [6.07, 6.45) is -3.02. The standard InChI is InChI=1S/C39H26F6N2/c1-21-18-37(21)32-16-25(23-5-11-27(12-6-23)39(43,44)45)7-13-28(32)29-17-33-35(47-20-46)30-15-24(8-14-31(30)36(33,2)19-34(29)37)22-3-9-26(10-4-22)38(40,41)42/h3-17,21H,18-19H2,1-2H3. The monoisotopic (exact) mass is 636 g/mol. The summed E-state index contributed by atoms with van der Waals surface area (Å²) >= 11 is 0. The number of halogens is 6. The summed E-state index contributed by atoms with van der Waals surface area (Å²) in [6, 6.07) is 22.3. The first kappa shape index (κ1) is 29.5. The Morgan fingerprint density at radius 1 is 0.723 bits per heavy atom. The van der Waals surface area contributed by atoms with Crippen LogP contribution in [0, 0.1) is 17.4 Å². The average Bonchev–Trinajstić information content (AvgIpc) is 3.58. The molecule has 0 bridgehead atoms. The lowest BCUT2D eigenvalue weighted by Crippen LogP contribution is -2.28. The molecule has 3 unspecified atom stereocenters. The molecule has 2 nitrogen and oxygen atoms in total. The van der Waals surface area contributed by atoms with Gasteiger partial charge in [0, 0.05) is 16.4 Å². The van der Waals surface area contributed by atoms with Gasteiger partial charge in [-0.15, -0.1) is 0 Å². The van der Waals surface area contributed by atoms with E-state index in [1.54, 1.807) is 0 Å². The van der Waals surface area contributed by atoms with E-state index in [0.717, 1.165) is 75.2 Å². The van der Waals surface area contributed by atoms with Crippen molar-refractivity contribution in [2.45, 2.75) is 49.9 Å². The van der Waals surface area contributed by atoms with E-state index in [2.05, 4.69) is 37.0 Å². The normalized spacial score (nSPS) is 24.9. The molecule has 1 spiro atoms. The Bertz CT molecular complexity index is 2140. The SMILES string of the molecule is CC1CC12C1=C(C=C3C(=NC#N)c4cc(-c5ccc(C(F)(F)F)cc5)ccc4C3(C)C1)c1ccc(-c3ccc(C(F)(F)F)cc3)cc12. The summed E-state index contributed by atoms with van der Waals surface area (Å²) in [4.78, 5) is 4.29. The highest BCUT2D eigenvalue weighted by Crippen LogP contribution is 2.70. The maximum absolute atomic E-state index is 13.2. The van der Waals surface area contributed by atoms with Crippen LogP contribution < -0.4 is 0 Å². The summed E-state index contributed by atoms with van der Waals surface area (Å²) in [5, 5.41) is 9.75. The molecule has 0 amide bonds. The molecule has 0 heterocycles. The third kappa shape index (κ3) is 4.21. The lowest BCUT2D eigenvalue weighted by Gasteiger charge is -2.34. The van der Waals surface area contributed by atoms with Crippen LogP contribution in [0.5, 0.6) is 0 Å². The number of benzene rings is 4. The van der Waals surface area contributed by atoms with Crippen LogP contribution in [0.15, 0.2) is 107 Å². The van der Waals surface area contributed by atoms with Crippen LogP contribution in [0.2, 0.25) is 0 Å². The Morgan fingerprint density at radius 3 is 1.79 bits per heavy atom. The van der Waals surface area contributed by atoms with E-state index in [-0.39, 0.29) is 5.41 Å². The Balaban J connectivity index is 1.20. The van der Waals surface area contributed by atoms with E-state index in [1.165, 1.54) is 35.4 Å². The highest BCUT2D eigenvalue weighted by molar-refractivity contribution is 6.21. The van der Waals surface area contributed by atoms with Crippen LogP contribution in [-0.4, -0.2) is 5.71 Å². The molecule has 234 valence electrons. The number of alkyl halides is 6. The van der Waals surface area contributed by atoms with Crippen molar-refractivity contribution in [2.24, 2.45) is 10.9 Å². The minimum absolute atomic E-state index is 0.174. The molecule has 0 aromatic heterocycles. The smallest absolute Gasteiger partial charge is 0.173 e. The minimum atomic E-state index is -4.42. The molecule has 8 heteroatoms. The maximum Gasteiger partial charge on any atom is 0.416 e. The summed E-state index contributed by atoms with van der Waals surface area (Å²) in [5.74, 6) is 0.380. The first-order chi connectivity index (χ1) is 22.3. The number of rotatable bonds is 2. The predicted molar refractivity (Wildman–Crippen MR) is 168 cm³/mol. The second-order valence-electron chi connectivity index (χ2n) is 13.3. The van der Waals surface area contributed by atoms with Gasteiger partial charge in [0.05, 0.1) is 16.8 Å². The highest BCUT2D eigenvalue weighted by atomic mass is 19.4. The van der Waals surface area contributed by atoms with Crippen molar-refractivity contribution >= 4 is 11.3 Å². The molecular weight excluding hydrogens is 610 g/mol. The number of fused-ring (bicyclic) bond motifs is 7. The van der Waals surface area contributed by atoms with Crippen molar-refractivity contribution in [3.8, 4) is 28.4 Å². The van der Waals surface area contributed by atoms with Crippen molar-refractivity contribution in [1.82, 2.24) is 0 Å². The van der Waals surface area contributed by atoms with Gasteiger partial charge in [0.15, 0.2) is 0 Å². The van der Waals surface area contributed by atoms with Crippen LogP contribution in [0.25, 0.3) is 27.8 Å². The molecule has 1 saturated carbocycles. The fraction of sp³-hybridized carbons (Fsp3) is 0.231. The molecule has 0 radical (unpaired) electrons. The fourth-order valence-electron chi connectivity index (χ4n) is 8.27. The highest BCUT2D eigenvalue weighted by Gasteiger charge is 2.62. The second-order valence-corrected chi connectivity index (χ2v) is 13.3. The molecule has 3 atom stereocenters. The van der Waals surface area contributed by atoms with Gasteiger partial charge in [-0.1, -0.05) is 68.0 Å². The number of allylic oxidation sites excluding steroid dienone is 4. The number of hydrogen-bond donors (Lipinski definition) is 0. The number of nitrogens with zero attached hydrogens (tertiary/aromatic N) is 2. The average molecular weight is 637 g/mol. The molecule has 4 aromatic carbocycles. The molecule has 0 N–H and O–H groups in total. The van der Waals surface area contributed by atoms with Crippen LogP contribution in [0.4, 0.5) is 26.3 Å². The zero-order valence-corrected chi connectivity index (χ0v) is 25.3. The van der Waals surface area contributed by atoms with E-state index in [1.807, 2.05) is 30.5 Å². The third-order valence-electron chi connectivity index (χ3n) is 10.8. The summed E-state index contributed by atoms with van der Waals surface area (Å²) in [5.41, 5.74) is 8.94. The van der Waals surface area contributed by atoms with Gasteiger partial charge in [0.25, 0.3) is 0 Å². The number of nitriles is 1. The minimum Gasteiger partial charge on any atom is -0.173 e. The van der Waals surface area contributed by atoms with Crippen molar-refractivity contribution in [2.75, 3.05) is 0 Å². The Hall–Kier alpha value is -4.90. The van der Waals surface area contributed by atoms with E-state index < -0.39 is 28.9 Å². The van der Waals surface area contributed by atoms with E-state index >= 15 is 0 Å². The summed E-state index contributed by atoms with van der Waals surface area (Å²) < 4.78 is 79.1. The zero-order chi connectivity index (χ0) is 33.1. The molecular formula is C39H26F6N2. The van der Waals surface area contributed by atoms with Gasteiger partial charge in [-0.25, -0.2) is 0 Å². The van der Waals surface area contributed by atoms with E-state index in [9.17, 15) is 31.6 Å². The molecule has 4 aromatic rings. The molecule has 1 fully saturated rings. The summed E-state index contributed by atoms with van der Waals surface area (Å²) in [6.45, 7) is 4.39. The first-order valence-electron chi connectivity index (χ1n) is 15.3. The second kappa shape index (κ2) is 9.57. The predicted octanol–water partition coefficient (Wildman–Crippen LogP) is 10.7. The Morgan fingerprint density at radius 2 is 1.26 bits per heavy atom. The molecule has 47 heavy (non-hydrogen) atoms. The Labute approximate surface area is 267 Å². The van der Waals surface area contributed by atoms with Crippen LogP contribution >= 0.6 is 0 Å². The van der Waals surface area contributed by atoms with Crippen molar-refractivity contribution in [3.63, 3.8) is 0 Å². The summed E-state index contributed by atoms with van der Waals surface area (Å²) in [7, 11) is 0. The Kier molecular flexibility index (Phi) is 6.01. The van der Waals surface area contributed by atoms with Gasteiger partial charge in [-0.05, 0) is 111 Å².